The smallest absolute Gasteiger partial charge is 0.242 e. The second-order valence-corrected chi connectivity index (χ2v) is 9.39. The normalized spacial score (nSPS) is 11.8. The zero-order valence-electron chi connectivity index (χ0n) is 18.3. The molecule has 1 N–H and O–H groups in total. The molecule has 31 heavy (non-hydrogen) atoms. The molecule has 0 saturated carbocycles. The van der Waals surface area contributed by atoms with Gasteiger partial charge in [0.1, 0.15) is 6.04 Å². The Labute approximate surface area is 199 Å². The van der Waals surface area contributed by atoms with E-state index >= 15 is 0 Å². The quantitative estimate of drug-likeness (QED) is 0.409. The van der Waals surface area contributed by atoms with Gasteiger partial charge in [-0.1, -0.05) is 72.4 Å². The van der Waals surface area contributed by atoms with Crippen molar-refractivity contribution in [3.05, 3.63) is 69.2 Å². The van der Waals surface area contributed by atoms with Gasteiger partial charge in [-0.15, -0.1) is 11.8 Å². The molecule has 0 heterocycles. The maximum Gasteiger partial charge on any atom is 0.242 e. The van der Waals surface area contributed by atoms with Crippen LogP contribution in [0.4, 0.5) is 0 Å². The highest BCUT2D eigenvalue weighted by Gasteiger charge is 2.26. The Balaban J connectivity index is 2.08. The van der Waals surface area contributed by atoms with Crippen molar-refractivity contribution in [2.24, 2.45) is 0 Å². The van der Waals surface area contributed by atoms with Crippen LogP contribution in [0.25, 0.3) is 0 Å². The second-order valence-electron chi connectivity index (χ2n) is 7.56. The van der Waals surface area contributed by atoms with Crippen LogP contribution >= 0.6 is 35.0 Å². The number of amides is 2. The van der Waals surface area contributed by atoms with Crippen LogP contribution in [0.2, 0.25) is 10.0 Å². The van der Waals surface area contributed by atoms with Crippen LogP contribution < -0.4 is 5.32 Å². The number of nitrogens with one attached hydrogen (secondary N) is 1. The molecule has 0 aromatic heterocycles. The molecule has 0 aliphatic carbocycles. The second kappa shape index (κ2) is 13.0. The van der Waals surface area contributed by atoms with Gasteiger partial charge >= 0.3 is 0 Å². The van der Waals surface area contributed by atoms with E-state index in [1.807, 2.05) is 6.92 Å². The zero-order valence-corrected chi connectivity index (χ0v) is 20.6. The molecule has 0 saturated heterocycles. The molecular weight excluding hydrogens is 451 g/mol. The van der Waals surface area contributed by atoms with Crippen LogP contribution in [-0.4, -0.2) is 35.1 Å². The third-order valence-electron chi connectivity index (χ3n) is 4.97. The first-order valence-corrected chi connectivity index (χ1v) is 12.4. The Morgan fingerprint density at radius 2 is 1.84 bits per heavy atom. The van der Waals surface area contributed by atoms with Gasteiger partial charge in [-0.25, -0.2) is 0 Å². The van der Waals surface area contributed by atoms with E-state index in [-0.39, 0.29) is 24.1 Å². The first-order chi connectivity index (χ1) is 14.8. The monoisotopic (exact) mass is 480 g/mol. The van der Waals surface area contributed by atoms with Crippen molar-refractivity contribution in [1.29, 1.82) is 0 Å². The number of nitrogens with zero attached hydrogens (tertiary/aromatic N) is 1. The van der Waals surface area contributed by atoms with Gasteiger partial charge in [0, 0.05) is 28.9 Å². The van der Waals surface area contributed by atoms with Crippen molar-refractivity contribution in [3.63, 3.8) is 0 Å². The lowest BCUT2D eigenvalue weighted by molar-refractivity contribution is -0.138. The van der Waals surface area contributed by atoms with E-state index in [4.69, 9.17) is 23.2 Å². The van der Waals surface area contributed by atoms with Gasteiger partial charge < -0.3 is 10.2 Å². The maximum atomic E-state index is 13.1. The molecule has 168 valence electrons. The van der Waals surface area contributed by atoms with Crippen molar-refractivity contribution in [2.75, 3.05) is 12.3 Å². The standard InChI is InChI=1S/C24H30Cl2N2O2S/c1-4-5-12-27-24(30)18(3)28(14-20-10-11-21(25)13-22(20)26)23(29)16-31-15-19-8-6-17(2)7-9-19/h6-11,13,18H,4-5,12,14-16H2,1-3H3,(H,27,30). The predicted octanol–water partition coefficient (Wildman–Crippen LogP) is 5.87. The lowest BCUT2D eigenvalue weighted by Gasteiger charge is -2.29. The van der Waals surface area contributed by atoms with Crippen LogP contribution in [0.5, 0.6) is 0 Å². The van der Waals surface area contributed by atoms with Gasteiger partial charge in [-0.3, -0.25) is 9.59 Å². The van der Waals surface area contributed by atoms with E-state index in [9.17, 15) is 9.59 Å². The first kappa shape index (κ1) is 25.6. The average molecular weight is 481 g/mol. The lowest BCUT2D eigenvalue weighted by Crippen LogP contribution is -2.48. The predicted molar refractivity (Wildman–Crippen MR) is 132 cm³/mol. The number of halogens is 2. The van der Waals surface area contributed by atoms with Gasteiger partial charge in [0.25, 0.3) is 0 Å². The molecule has 2 amide bonds. The van der Waals surface area contributed by atoms with Crippen molar-refractivity contribution < 1.29 is 9.59 Å². The Kier molecular flexibility index (Phi) is 10.7. The molecule has 4 nitrogen and oxygen atoms in total. The number of hydrogen-bond acceptors (Lipinski definition) is 3. The highest BCUT2D eigenvalue weighted by atomic mass is 35.5. The summed E-state index contributed by atoms with van der Waals surface area (Å²) < 4.78 is 0. The molecule has 0 aliphatic heterocycles. The first-order valence-electron chi connectivity index (χ1n) is 10.5. The highest BCUT2D eigenvalue weighted by Crippen LogP contribution is 2.24. The van der Waals surface area contributed by atoms with E-state index < -0.39 is 6.04 Å². The summed E-state index contributed by atoms with van der Waals surface area (Å²) >= 11 is 13.9. The fourth-order valence-corrected chi connectivity index (χ4v) is 4.31. The van der Waals surface area contributed by atoms with Gasteiger partial charge in [0.05, 0.1) is 5.75 Å². The molecule has 0 spiro atoms. The Bertz CT molecular complexity index is 874. The average Bonchev–Trinajstić information content (AvgIpc) is 2.74. The summed E-state index contributed by atoms with van der Waals surface area (Å²) in [7, 11) is 0. The fraction of sp³-hybridized carbons (Fsp3) is 0.417. The molecule has 0 bridgehead atoms. The van der Waals surface area contributed by atoms with E-state index in [1.165, 1.54) is 22.9 Å². The Morgan fingerprint density at radius 1 is 1.13 bits per heavy atom. The Morgan fingerprint density at radius 3 is 2.48 bits per heavy atom. The van der Waals surface area contributed by atoms with Crippen LogP contribution in [0.3, 0.4) is 0 Å². The summed E-state index contributed by atoms with van der Waals surface area (Å²) in [6.45, 7) is 6.73. The topological polar surface area (TPSA) is 49.4 Å². The lowest BCUT2D eigenvalue weighted by atomic mass is 10.1. The number of benzene rings is 2. The van der Waals surface area contributed by atoms with E-state index in [1.54, 1.807) is 30.0 Å². The minimum Gasteiger partial charge on any atom is -0.354 e. The molecule has 2 rings (SSSR count). The van der Waals surface area contributed by atoms with E-state index in [0.29, 0.717) is 16.6 Å². The minimum atomic E-state index is -0.601. The van der Waals surface area contributed by atoms with Gasteiger partial charge in [-0.05, 0) is 43.5 Å². The number of rotatable bonds is 11. The van der Waals surface area contributed by atoms with Crippen molar-refractivity contribution >= 4 is 46.8 Å². The third-order valence-corrected chi connectivity index (χ3v) is 6.54. The minimum absolute atomic E-state index is 0.0960. The number of carbonyl (C=O) groups is 2. The number of unbranched alkanes of at least 4 members (excludes halogenated alkanes) is 1. The maximum absolute atomic E-state index is 13.1. The van der Waals surface area contributed by atoms with Gasteiger partial charge in [-0.2, -0.15) is 0 Å². The summed E-state index contributed by atoms with van der Waals surface area (Å²) in [5.74, 6) is 0.765. The summed E-state index contributed by atoms with van der Waals surface area (Å²) in [5, 5.41) is 3.94. The van der Waals surface area contributed by atoms with Gasteiger partial charge in [0.2, 0.25) is 11.8 Å². The summed E-state index contributed by atoms with van der Waals surface area (Å²) in [6.07, 6.45) is 1.90. The SMILES string of the molecule is CCCCNC(=O)C(C)N(Cc1ccc(Cl)cc1Cl)C(=O)CSCc1ccc(C)cc1. The van der Waals surface area contributed by atoms with Crippen molar-refractivity contribution in [3.8, 4) is 0 Å². The molecule has 0 fully saturated rings. The number of thioether (sulfide) groups is 1. The largest absolute Gasteiger partial charge is 0.354 e. The number of carbonyl (C=O) groups excluding carboxylic acids is 2. The molecule has 0 aliphatic rings. The molecule has 2 aromatic rings. The van der Waals surface area contributed by atoms with Crippen molar-refractivity contribution in [2.45, 2.75) is 52.0 Å². The molecule has 0 radical (unpaired) electrons. The van der Waals surface area contributed by atoms with Crippen LogP contribution in [-0.2, 0) is 21.9 Å². The van der Waals surface area contributed by atoms with Crippen LogP contribution in [0.15, 0.2) is 42.5 Å². The molecule has 2 aromatic carbocycles. The molecular formula is C24H30Cl2N2O2S. The zero-order chi connectivity index (χ0) is 22.8. The van der Waals surface area contributed by atoms with Crippen LogP contribution in [0, 0.1) is 6.92 Å². The fourth-order valence-electron chi connectivity index (χ4n) is 2.98. The molecule has 7 heteroatoms. The molecule has 1 atom stereocenters. The summed E-state index contributed by atoms with van der Waals surface area (Å²) in [4.78, 5) is 27.4. The molecule has 1 unspecified atom stereocenters. The summed E-state index contributed by atoms with van der Waals surface area (Å²) in [5.41, 5.74) is 3.14. The van der Waals surface area contributed by atoms with Crippen LogP contribution in [0.1, 0.15) is 43.4 Å². The highest BCUT2D eigenvalue weighted by molar-refractivity contribution is 7.99. The summed E-state index contributed by atoms with van der Waals surface area (Å²) in [6, 6.07) is 12.9. The van der Waals surface area contributed by atoms with Gasteiger partial charge in [0.15, 0.2) is 0 Å². The number of hydrogen-bond donors (Lipinski definition) is 1. The van der Waals surface area contributed by atoms with E-state index in [0.717, 1.165) is 24.2 Å². The Hall–Kier alpha value is -1.69. The third kappa shape index (κ3) is 8.40. The van der Waals surface area contributed by atoms with Crippen molar-refractivity contribution in [1.82, 2.24) is 10.2 Å². The number of aryl methyl sites for hydroxylation is 1. The van der Waals surface area contributed by atoms with E-state index in [2.05, 4.69) is 36.5 Å².